The molecule has 1 aromatic carbocycles. The van der Waals surface area contributed by atoms with Gasteiger partial charge in [-0.1, -0.05) is 11.6 Å². The number of nitrogens with zero attached hydrogens (tertiary/aromatic N) is 1. The maximum atomic E-state index is 8.51. The SMILES string of the molecule is C/C(=C\C#N)c1cc(C)c(N)c(Cl)c1. The molecule has 0 spiro atoms. The predicted octanol–water partition coefficient (Wildman–Crippen LogP) is 3.16. The highest BCUT2D eigenvalue weighted by Crippen LogP contribution is 2.27. The maximum Gasteiger partial charge on any atom is 0.0915 e. The molecule has 3 heteroatoms. The van der Waals surface area contributed by atoms with Crippen molar-refractivity contribution in [2.24, 2.45) is 0 Å². The molecule has 0 atom stereocenters. The van der Waals surface area contributed by atoms with Crippen molar-refractivity contribution in [3.8, 4) is 6.07 Å². The molecule has 0 heterocycles. The smallest absolute Gasteiger partial charge is 0.0915 e. The summed E-state index contributed by atoms with van der Waals surface area (Å²) in [6.45, 7) is 3.76. The summed E-state index contributed by atoms with van der Waals surface area (Å²) in [6, 6.07) is 5.68. The van der Waals surface area contributed by atoms with Crippen LogP contribution in [0.15, 0.2) is 18.2 Å². The molecule has 0 saturated carbocycles. The molecule has 0 aliphatic carbocycles. The molecule has 0 fully saturated rings. The van der Waals surface area contributed by atoms with Gasteiger partial charge < -0.3 is 5.73 Å². The fraction of sp³-hybridized carbons (Fsp3) is 0.182. The monoisotopic (exact) mass is 206 g/mol. The Bertz CT molecular complexity index is 404. The Balaban J connectivity index is 3.27. The van der Waals surface area contributed by atoms with Crippen molar-refractivity contribution in [1.82, 2.24) is 0 Å². The summed E-state index contributed by atoms with van der Waals surface area (Å²) in [7, 11) is 0. The van der Waals surface area contributed by atoms with Gasteiger partial charge in [0.2, 0.25) is 0 Å². The van der Waals surface area contributed by atoms with Crippen LogP contribution in [0.4, 0.5) is 5.69 Å². The van der Waals surface area contributed by atoms with Crippen molar-refractivity contribution in [2.75, 3.05) is 5.73 Å². The Morgan fingerprint density at radius 1 is 1.57 bits per heavy atom. The first-order valence-electron chi connectivity index (χ1n) is 4.18. The molecule has 0 bridgehead atoms. The Labute approximate surface area is 88.6 Å². The van der Waals surface area contributed by atoms with Crippen molar-refractivity contribution >= 4 is 22.9 Å². The number of nitrogen functional groups attached to an aromatic ring is 1. The van der Waals surface area contributed by atoms with Gasteiger partial charge in [0, 0.05) is 6.08 Å². The number of anilines is 1. The van der Waals surface area contributed by atoms with E-state index in [0.29, 0.717) is 10.7 Å². The molecule has 1 aromatic rings. The number of hydrogen-bond acceptors (Lipinski definition) is 2. The molecule has 0 aliphatic rings. The molecule has 0 saturated heterocycles. The van der Waals surface area contributed by atoms with Gasteiger partial charge in [0.15, 0.2) is 0 Å². The highest BCUT2D eigenvalue weighted by Gasteiger charge is 2.04. The van der Waals surface area contributed by atoms with Crippen molar-refractivity contribution in [2.45, 2.75) is 13.8 Å². The number of aryl methyl sites for hydroxylation is 1. The summed E-state index contributed by atoms with van der Waals surface area (Å²) < 4.78 is 0. The molecule has 72 valence electrons. The second kappa shape index (κ2) is 4.17. The number of rotatable bonds is 1. The van der Waals surface area contributed by atoms with Gasteiger partial charge in [0.1, 0.15) is 0 Å². The third-order valence-electron chi connectivity index (χ3n) is 2.07. The highest BCUT2D eigenvalue weighted by molar-refractivity contribution is 6.33. The van der Waals surface area contributed by atoms with E-state index >= 15 is 0 Å². The van der Waals surface area contributed by atoms with Gasteiger partial charge in [0.25, 0.3) is 0 Å². The molecular weight excluding hydrogens is 196 g/mol. The fourth-order valence-electron chi connectivity index (χ4n) is 1.16. The summed E-state index contributed by atoms with van der Waals surface area (Å²) in [5.41, 5.74) is 9.05. The van der Waals surface area contributed by atoms with Gasteiger partial charge in [-0.2, -0.15) is 5.26 Å². The van der Waals surface area contributed by atoms with Crippen LogP contribution in [0.3, 0.4) is 0 Å². The van der Waals surface area contributed by atoms with Gasteiger partial charge in [-0.3, -0.25) is 0 Å². The molecule has 1 rings (SSSR count). The van der Waals surface area contributed by atoms with E-state index in [4.69, 9.17) is 22.6 Å². The fourth-order valence-corrected chi connectivity index (χ4v) is 1.43. The zero-order chi connectivity index (χ0) is 10.7. The van der Waals surface area contributed by atoms with E-state index in [1.165, 1.54) is 6.08 Å². The maximum absolute atomic E-state index is 8.51. The minimum absolute atomic E-state index is 0.533. The first-order chi connectivity index (χ1) is 6.56. The zero-order valence-corrected chi connectivity index (χ0v) is 8.89. The summed E-state index contributed by atoms with van der Waals surface area (Å²) >= 11 is 5.93. The van der Waals surface area contributed by atoms with E-state index in [0.717, 1.165) is 16.7 Å². The van der Waals surface area contributed by atoms with Crippen LogP contribution in [0, 0.1) is 18.3 Å². The Kier molecular flexibility index (Phi) is 3.16. The molecule has 2 nitrogen and oxygen atoms in total. The van der Waals surface area contributed by atoms with E-state index in [1.54, 1.807) is 6.07 Å². The van der Waals surface area contributed by atoms with E-state index in [-0.39, 0.29) is 0 Å². The number of nitrogens with two attached hydrogens (primary N) is 1. The van der Waals surface area contributed by atoms with Crippen LogP contribution in [0.5, 0.6) is 0 Å². The summed E-state index contributed by atoms with van der Waals surface area (Å²) in [6.07, 6.45) is 1.49. The molecule has 14 heavy (non-hydrogen) atoms. The molecule has 0 amide bonds. The molecule has 0 aromatic heterocycles. The van der Waals surface area contributed by atoms with Crippen molar-refractivity contribution in [3.05, 3.63) is 34.4 Å². The summed E-state index contributed by atoms with van der Waals surface area (Å²) in [4.78, 5) is 0. The number of nitriles is 1. The van der Waals surface area contributed by atoms with Crippen LogP contribution in [-0.2, 0) is 0 Å². The van der Waals surface area contributed by atoms with E-state index in [9.17, 15) is 0 Å². The quantitative estimate of drug-likeness (QED) is 0.567. The number of halogens is 1. The van der Waals surface area contributed by atoms with Gasteiger partial charge in [-0.05, 0) is 42.7 Å². The van der Waals surface area contributed by atoms with Crippen LogP contribution < -0.4 is 5.73 Å². The summed E-state index contributed by atoms with van der Waals surface area (Å²) in [5.74, 6) is 0. The lowest BCUT2D eigenvalue weighted by atomic mass is 10.0. The van der Waals surface area contributed by atoms with E-state index < -0.39 is 0 Å². The average Bonchev–Trinajstić information content (AvgIpc) is 2.13. The van der Waals surface area contributed by atoms with Crippen LogP contribution in [0.25, 0.3) is 5.57 Å². The standard InChI is InChI=1S/C11H11ClN2/c1-7(3-4-13)9-5-8(2)11(14)10(12)6-9/h3,5-6H,14H2,1-2H3/b7-3+. The molecule has 0 unspecified atom stereocenters. The van der Waals surface area contributed by atoms with Gasteiger partial charge in [0.05, 0.1) is 16.8 Å². The zero-order valence-electron chi connectivity index (χ0n) is 8.13. The van der Waals surface area contributed by atoms with Crippen LogP contribution >= 0.6 is 11.6 Å². The van der Waals surface area contributed by atoms with Gasteiger partial charge in [-0.15, -0.1) is 0 Å². The van der Waals surface area contributed by atoms with Crippen LogP contribution in [0.1, 0.15) is 18.1 Å². The molecule has 0 aliphatic heterocycles. The lowest BCUT2D eigenvalue weighted by Gasteiger charge is -2.07. The minimum Gasteiger partial charge on any atom is -0.397 e. The predicted molar refractivity (Wildman–Crippen MR) is 59.9 cm³/mol. The first kappa shape index (κ1) is 10.6. The topological polar surface area (TPSA) is 49.8 Å². The van der Waals surface area contributed by atoms with Gasteiger partial charge in [-0.25, -0.2) is 0 Å². The molecule has 0 radical (unpaired) electrons. The van der Waals surface area contributed by atoms with Crippen molar-refractivity contribution < 1.29 is 0 Å². The highest BCUT2D eigenvalue weighted by atomic mass is 35.5. The Morgan fingerprint density at radius 2 is 2.21 bits per heavy atom. The first-order valence-corrected chi connectivity index (χ1v) is 4.56. The van der Waals surface area contributed by atoms with Crippen molar-refractivity contribution in [3.63, 3.8) is 0 Å². The second-order valence-corrected chi connectivity index (χ2v) is 3.55. The normalized spacial score (nSPS) is 11.1. The second-order valence-electron chi connectivity index (χ2n) is 3.15. The minimum atomic E-state index is 0.533. The van der Waals surface area contributed by atoms with E-state index in [2.05, 4.69) is 0 Å². The van der Waals surface area contributed by atoms with E-state index in [1.807, 2.05) is 26.0 Å². The summed E-state index contributed by atoms with van der Waals surface area (Å²) in [5, 5.41) is 9.04. The van der Waals surface area contributed by atoms with Crippen LogP contribution in [0.2, 0.25) is 5.02 Å². The Hall–Kier alpha value is -1.46. The molecular formula is C11H11ClN2. The third kappa shape index (κ3) is 2.07. The largest absolute Gasteiger partial charge is 0.397 e. The number of benzene rings is 1. The number of allylic oxidation sites excluding steroid dienone is 2. The van der Waals surface area contributed by atoms with Crippen LogP contribution in [-0.4, -0.2) is 0 Å². The molecule has 2 N–H and O–H groups in total. The average molecular weight is 207 g/mol. The number of hydrogen-bond donors (Lipinski definition) is 1. The third-order valence-corrected chi connectivity index (χ3v) is 2.39. The van der Waals surface area contributed by atoms with Crippen molar-refractivity contribution in [1.29, 1.82) is 5.26 Å². The Morgan fingerprint density at radius 3 is 2.71 bits per heavy atom. The lowest BCUT2D eigenvalue weighted by molar-refractivity contribution is 1.43. The lowest BCUT2D eigenvalue weighted by Crippen LogP contribution is -1.92. The van der Waals surface area contributed by atoms with Gasteiger partial charge >= 0.3 is 0 Å².